The number of nitrogens with two attached hydrogens (primary N) is 1. The van der Waals surface area contributed by atoms with Gasteiger partial charge < -0.3 is 10.5 Å². The molecule has 86 valence electrons. The number of fused-ring (bicyclic) bond motifs is 2. The van der Waals surface area contributed by atoms with E-state index >= 15 is 0 Å². The molecule has 3 nitrogen and oxygen atoms in total. The Balaban J connectivity index is 2.13. The predicted molar refractivity (Wildman–Crippen MR) is 66.3 cm³/mol. The first-order valence-electron chi connectivity index (χ1n) is 5.79. The van der Waals surface area contributed by atoms with Crippen LogP contribution in [0.5, 0.6) is 11.5 Å². The van der Waals surface area contributed by atoms with E-state index in [2.05, 4.69) is 11.1 Å². The number of benzene rings is 1. The summed E-state index contributed by atoms with van der Waals surface area (Å²) in [7, 11) is 0. The van der Waals surface area contributed by atoms with Crippen molar-refractivity contribution in [2.75, 3.05) is 6.54 Å². The Morgan fingerprint density at radius 1 is 1.18 bits per heavy atom. The van der Waals surface area contributed by atoms with E-state index in [-0.39, 0.29) is 5.92 Å². The maximum atomic E-state index is 5.92. The van der Waals surface area contributed by atoms with E-state index in [9.17, 15) is 0 Å². The average molecular weight is 226 g/mol. The van der Waals surface area contributed by atoms with Gasteiger partial charge in [-0.2, -0.15) is 0 Å². The van der Waals surface area contributed by atoms with Gasteiger partial charge in [0.2, 0.25) is 0 Å². The van der Waals surface area contributed by atoms with E-state index in [0.29, 0.717) is 6.54 Å². The van der Waals surface area contributed by atoms with Crippen LogP contribution in [0.4, 0.5) is 0 Å². The summed E-state index contributed by atoms with van der Waals surface area (Å²) in [4.78, 5) is 4.41. The van der Waals surface area contributed by atoms with Gasteiger partial charge in [0.05, 0.1) is 5.69 Å². The van der Waals surface area contributed by atoms with Gasteiger partial charge >= 0.3 is 0 Å². The van der Waals surface area contributed by atoms with Gasteiger partial charge in [0.25, 0.3) is 0 Å². The second kappa shape index (κ2) is 4.18. The minimum absolute atomic E-state index is 0.231. The van der Waals surface area contributed by atoms with Crippen LogP contribution in [0, 0.1) is 0 Å². The molecular formula is C14H14N2O. The molecule has 0 saturated carbocycles. The van der Waals surface area contributed by atoms with Crippen LogP contribution in [0.2, 0.25) is 0 Å². The summed E-state index contributed by atoms with van der Waals surface area (Å²) in [5.74, 6) is 1.97. The van der Waals surface area contributed by atoms with Gasteiger partial charge in [0.1, 0.15) is 11.5 Å². The number of hydrogen-bond donors (Lipinski definition) is 1. The van der Waals surface area contributed by atoms with Crippen molar-refractivity contribution in [2.45, 2.75) is 12.3 Å². The van der Waals surface area contributed by atoms with Crippen LogP contribution < -0.4 is 10.5 Å². The van der Waals surface area contributed by atoms with Gasteiger partial charge in [0, 0.05) is 18.7 Å². The Kier molecular flexibility index (Phi) is 2.53. The van der Waals surface area contributed by atoms with Crippen molar-refractivity contribution < 1.29 is 4.74 Å². The number of pyridine rings is 1. The summed E-state index contributed by atoms with van der Waals surface area (Å²) in [6.45, 7) is 0.585. The van der Waals surface area contributed by atoms with Gasteiger partial charge in [-0.25, -0.2) is 0 Å². The van der Waals surface area contributed by atoms with E-state index in [0.717, 1.165) is 23.6 Å². The largest absolute Gasteiger partial charge is 0.455 e. The normalized spacial score (nSPS) is 17.6. The molecule has 2 N–H and O–H groups in total. The van der Waals surface area contributed by atoms with Crippen molar-refractivity contribution in [1.82, 2.24) is 4.98 Å². The average Bonchev–Trinajstić information content (AvgIpc) is 2.54. The van der Waals surface area contributed by atoms with Crippen molar-refractivity contribution >= 4 is 0 Å². The maximum absolute atomic E-state index is 5.92. The molecule has 1 aliphatic rings. The van der Waals surface area contributed by atoms with Gasteiger partial charge in [0.15, 0.2) is 0 Å². The van der Waals surface area contributed by atoms with Crippen LogP contribution in [0.3, 0.4) is 0 Å². The Morgan fingerprint density at radius 2 is 2.00 bits per heavy atom. The summed E-state index contributed by atoms with van der Waals surface area (Å²) >= 11 is 0. The fraction of sp³-hybridized carbons (Fsp3) is 0.214. The standard InChI is InChI=1S/C14H14N2O/c15-9-11-8-10-4-1-2-5-12(10)17-13-6-3-7-16-14(11)13/h1-7,11H,8-9,15H2/t11-/m0/s1. The van der Waals surface area contributed by atoms with Crippen molar-refractivity contribution in [3.8, 4) is 11.5 Å². The molecular weight excluding hydrogens is 212 g/mol. The minimum atomic E-state index is 0.231. The number of aromatic nitrogens is 1. The third-order valence-electron chi connectivity index (χ3n) is 3.13. The smallest absolute Gasteiger partial charge is 0.149 e. The third-order valence-corrected chi connectivity index (χ3v) is 3.13. The first kappa shape index (κ1) is 10.3. The molecule has 3 heteroatoms. The number of rotatable bonds is 1. The molecule has 1 atom stereocenters. The second-order valence-electron chi connectivity index (χ2n) is 4.23. The molecule has 0 unspecified atom stereocenters. The summed E-state index contributed by atoms with van der Waals surface area (Å²) < 4.78 is 5.92. The number of para-hydroxylation sites is 1. The van der Waals surface area contributed by atoms with E-state index in [4.69, 9.17) is 10.5 Å². The van der Waals surface area contributed by atoms with Gasteiger partial charge in [-0.3, -0.25) is 4.98 Å². The molecule has 3 rings (SSSR count). The summed E-state index contributed by atoms with van der Waals surface area (Å²) in [5, 5.41) is 0. The maximum Gasteiger partial charge on any atom is 0.149 e. The van der Waals surface area contributed by atoms with Gasteiger partial charge in [-0.05, 0) is 30.2 Å². The number of nitrogens with zero attached hydrogens (tertiary/aromatic N) is 1. The molecule has 2 aromatic rings. The van der Waals surface area contributed by atoms with Crippen LogP contribution in [0.25, 0.3) is 0 Å². The molecule has 0 amide bonds. The lowest BCUT2D eigenvalue weighted by Crippen LogP contribution is -2.15. The monoisotopic (exact) mass is 226 g/mol. The molecule has 0 aliphatic carbocycles. The summed E-state index contributed by atoms with van der Waals surface area (Å²) in [6, 6.07) is 11.9. The highest BCUT2D eigenvalue weighted by Gasteiger charge is 2.22. The first-order chi connectivity index (χ1) is 8.38. The van der Waals surface area contributed by atoms with E-state index in [1.54, 1.807) is 6.20 Å². The Hall–Kier alpha value is -1.87. The molecule has 0 radical (unpaired) electrons. The SMILES string of the molecule is NC[C@@H]1Cc2ccccc2Oc2cccnc21. The van der Waals surface area contributed by atoms with Crippen molar-refractivity contribution in [2.24, 2.45) is 5.73 Å². The zero-order valence-corrected chi connectivity index (χ0v) is 9.47. The Morgan fingerprint density at radius 3 is 2.88 bits per heavy atom. The highest BCUT2D eigenvalue weighted by atomic mass is 16.5. The molecule has 0 fully saturated rings. The van der Waals surface area contributed by atoms with Crippen LogP contribution in [-0.4, -0.2) is 11.5 Å². The molecule has 0 spiro atoms. The third kappa shape index (κ3) is 1.78. The fourth-order valence-electron chi connectivity index (χ4n) is 2.24. The molecule has 1 aromatic heterocycles. The highest BCUT2D eigenvalue weighted by molar-refractivity contribution is 5.44. The first-order valence-corrected chi connectivity index (χ1v) is 5.79. The van der Waals surface area contributed by atoms with Crippen molar-refractivity contribution in [1.29, 1.82) is 0 Å². The van der Waals surface area contributed by atoms with Crippen LogP contribution in [-0.2, 0) is 6.42 Å². The zero-order valence-electron chi connectivity index (χ0n) is 9.47. The highest BCUT2D eigenvalue weighted by Crippen LogP contribution is 2.37. The Labute approximate surface area is 100 Å². The topological polar surface area (TPSA) is 48.1 Å². The number of ether oxygens (including phenoxy) is 1. The summed E-state index contributed by atoms with van der Waals surface area (Å²) in [5.41, 5.74) is 8.01. The predicted octanol–water partition coefficient (Wildman–Crippen LogP) is 2.47. The molecule has 17 heavy (non-hydrogen) atoms. The molecule has 2 heterocycles. The fourth-order valence-corrected chi connectivity index (χ4v) is 2.24. The zero-order chi connectivity index (χ0) is 11.7. The van der Waals surface area contributed by atoms with E-state index in [1.165, 1.54) is 5.56 Å². The Bertz CT molecular complexity index is 539. The summed E-state index contributed by atoms with van der Waals surface area (Å²) in [6.07, 6.45) is 2.68. The molecule has 0 saturated heterocycles. The van der Waals surface area contributed by atoms with E-state index in [1.807, 2.05) is 30.3 Å². The lowest BCUT2D eigenvalue weighted by Gasteiger charge is -2.12. The van der Waals surface area contributed by atoms with Gasteiger partial charge in [-0.1, -0.05) is 18.2 Å². The van der Waals surface area contributed by atoms with Crippen LogP contribution in [0.1, 0.15) is 17.2 Å². The van der Waals surface area contributed by atoms with Crippen molar-refractivity contribution in [3.05, 3.63) is 53.9 Å². The lowest BCUT2D eigenvalue weighted by atomic mass is 9.96. The quantitative estimate of drug-likeness (QED) is 0.812. The lowest BCUT2D eigenvalue weighted by molar-refractivity contribution is 0.474. The van der Waals surface area contributed by atoms with Crippen LogP contribution in [0.15, 0.2) is 42.6 Å². The molecule has 1 aliphatic heterocycles. The number of hydrogen-bond acceptors (Lipinski definition) is 3. The molecule has 1 aromatic carbocycles. The van der Waals surface area contributed by atoms with Crippen molar-refractivity contribution in [3.63, 3.8) is 0 Å². The minimum Gasteiger partial charge on any atom is -0.455 e. The van der Waals surface area contributed by atoms with Gasteiger partial charge in [-0.15, -0.1) is 0 Å². The second-order valence-corrected chi connectivity index (χ2v) is 4.23. The molecule has 0 bridgehead atoms. The van der Waals surface area contributed by atoms with Crippen LogP contribution >= 0.6 is 0 Å². The van der Waals surface area contributed by atoms with E-state index < -0.39 is 0 Å².